The van der Waals surface area contributed by atoms with E-state index < -0.39 is 39.1 Å². The highest BCUT2D eigenvalue weighted by molar-refractivity contribution is 7.89. The molecular weight excluding hydrogens is 469 g/mol. The zero-order valence-electron chi connectivity index (χ0n) is 16.8. The van der Waals surface area contributed by atoms with E-state index in [0.717, 1.165) is 4.90 Å². The average Bonchev–Trinajstić information content (AvgIpc) is 3.15. The average molecular weight is 487 g/mol. The molecule has 1 unspecified atom stereocenters. The summed E-state index contributed by atoms with van der Waals surface area (Å²) >= 11 is 0.605. The molecule has 1 fully saturated rings. The van der Waals surface area contributed by atoms with Crippen molar-refractivity contribution in [2.45, 2.75) is 49.2 Å². The molecule has 32 heavy (non-hydrogen) atoms. The second kappa shape index (κ2) is 6.96. The number of pyridine rings is 1. The van der Waals surface area contributed by atoms with Gasteiger partial charge in [0.05, 0.1) is 16.9 Å². The predicted octanol–water partition coefficient (Wildman–Crippen LogP) is 2.48. The molecule has 14 heteroatoms. The van der Waals surface area contributed by atoms with Gasteiger partial charge in [-0.2, -0.15) is 0 Å². The van der Waals surface area contributed by atoms with Crippen LogP contribution in [0.25, 0.3) is 16.3 Å². The van der Waals surface area contributed by atoms with Gasteiger partial charge >= 0.3 is 0 Å². The standard InChI is InChI=1S/C18H17F3N6O3S2/c1-18(3-4-18)25-32(29,30)8-5-11-12-10(6-9(19)17(28)26(11)2)22-14(27(12)7-8)16-24-23-15(31-16)13(20)21/h5,7,9,13,25H,3-4,6H2,1-2H3. The molecule has 1 atom stereocenters. The molecule has 170 valence electrons. The van der Waals surface area contributed by atoms with Gasteiger partial charge in [-0.3, -0.25) is 9.20 Å². The molecular formula is C18H17F3N6O3S2. The molecule has 5 rings (SSSR count). The van der Waals surface area contributed by atoms with E-state index in [-0.39, 0.29) is 33.5 Å². The van der Waals surface area contributed by atoms with Crippen molar-refractivity contribution >= 4 is 38.5 Å². The van der Waals surface area contributed by atoms with Crippen molar-refractivity contribution in [1.29, 1.82) is 0 Å². The number of sulfonamides is 1. The lowest BCUT2D eigenvalue weighted by Gasteiger charge is -2.20. The Morgan fingerprint density at radius 2 is 2.03 bits per heavy atom. The van der Waals surface area contributed by atoms with E-state index in [0.29, 0.717) is 29.7 Å². The first-order valence-electron chi connectivity index (χ1n) is 9.62. The van der Waals surface area contributed by atoms with Crippen LogP contribution in [0.3, 0.4) is 0 Å². The highest BCUT2D eigenvalue weighted by Crippen LogP contribution is 2.39. The van der Waals surface area contributed by atoms with E-state index >= 15 is 0 Å². The molecule has 0 aromatic carbocycles. The van der Waals surface area contributed by atoms with Gasteiger partial charge in [-0.25, -0.2) is 31.3 Å². The summed E-state index contributed by atoms with van der Waals surface area (Å²) in [6.07, 6.45) is -2.43. The van der Waals surface area contributed by atoms with Gasteiger partial charge in [-0.05, 0) is 25.8 Å². The van der Waals surface area contributed by atoms with Gasteiger partial charge in [0, 0.05) is 25.2 Å². The lowest BCUT2D eigenvalue weighted by Crippen LogP contribution is -2.35. The summed E-state index contributed by atoms with van der Waals surface area (Å²) in [5, 5.41) is 6.72. The topological polar surface area (TPSA) is 110 Å². The number of hydrogen-bond donors (Lipinski definition) is 1. The Labute approximate surface area is 184 Å². The van der Waals surface area contributed by atoms with Gasteiger partial charge in [0.15, 0.2) is 22.0 Å². The molecule has 1 aliphatic heterocycles. The Bertz CT molecular complexity index is 1370. The first-order valence-corrected chi connectivity index (χ1v) is 11.9. The first-order chi connectivity index (χ1) is 15.0. The number of nitrogens with zero attached hydrogens (tertiary/aromatic N) is 5. The normalized spacial score (nSPS) is 20.2. The fraction of sp³-hybridized carbons (Fsp3) is 0.444. The molecule has 2 aliphatic rings. The molecule has 9 nitrogen and oxygen atoms in total. The Morgan fingerprint density at radius 1 is 1.31 bits per heavy atom. The number of carbonyl (C=O) groups excluding carboxylic acids is 1. The lowest BCUT2D eigenvalue weighted by atomic mass is 10.2. The fourth-order valence-corrected chi connectivity index (χ4v) is 5.78. The number of aromatic nitrogens is 4. The fourth-order valence-electron chi connectivity index (χ4n) is 3.61. The summed E-state index contributed by atoms with van der Waals surface area (Å²) in [6, 6.07) is 1.29. The number of hydrogen-bond acceptors (Lipinski definition) is 7. The number of alkyl halides is 3. The van der Waals surface area contributed by atoms with Crippen LogP contribution >= 0.6 is 11.3 Å². The maximum Gasteiger partial charge on any atom is 0.291 e. The summed E-state index contributed by atoms with van der Waals surface area (Å²) in [5.41, 5.74) is 0.0925. The smallest absolute Gasteiger partial charge is 0.291 e. The Morgan fingerprint density at radius 3 is 2.66 bits per heavy atom. The van der Waals surface area contributed by atoms with Crippen molar-refractivity contribution in [1.82, 2.24) is 24.3 Å². The van der Waals surface area contributed by atoms with Gasteiger partial charge in [-0.15, -0.1) is 10.2 Å². The van der Waals surface area contributed by atoms with Crippen molar-refractivity contribution < 1.29 is 26.4 Å². The number of nitrogens with one attached hydrogen (secondary N) is 1. The molecule has 0 saturated heterocycles. The van der Waals surface area contributed by atoms with Crippen LogP contribution in [0.2, 0.25) is 0 Å². The summed E-state index contributed by atoms with van der Waals surface area (Å²) in [5.74, 6) is -0.788. The van der Waals surface area contributed by atoms with Crippen molar-refractivity contribution in [2.75, 3.05) is 11.9 Å². The zero-order valence-corrected chi connectivity index (χ0v) is 18.5. The molecule has 4 heterocycles. The molecule has 3 aromatic rings. The van der Waals surface area contributed by atoms with E-state index in [9.17, 15) is 26.4 Å². The van der Waals surface area contributed by atoms with Gasteiger partial charge in [0.1, 0.15) is 4.90 Å². The zero-order chi connectivity index (χ0) is 23.0. The number of carbonyl (C=O) groups is 1. The first kappa shape index (κ1) is 21.3. The van der Waals surface area contributed by atoms with Crippen molar-refractivity contribution in [3.63, 3.8) is 0 Å². The SMILES string of the molecule is CN1C(=O)C(F)Cc2nc(-c3nnc(C(F)F)s3)n3cc(S(=O)(=O)NC4(C)CC4)cc1c23. The molecule has 1 N–H and O–H groups in total. The largest absolute Gasteiger partial charge is 0.311 e. The second-order valence-corrected chi connectivity index (χ2v) is 10.8. The quantitative estimate of drug-likeness (QED) is 0.594. The maximum atomic E-state index is 14.6. The van der Waals surface area contributed by atoms with E-state index in [4.69, 9.17) is 0 Å². The Balaban J connectivity index is 1.76. The third-order valence-corrected chi connectivity index (χ3v) is 8.14. The van der Waals surface area contributed by atoms with Gasteiger partial charge in [0.25, 0.3) is 12.3 Å². The predicted molar refractivity (Wildman–Crippen MR) is 109 cm³/mol. The van der Waals surface area contributed by atoms with Crippen LogP contribution < -0.4 is 9.62 Å². The van der Waals surface area contributed by atoms with Gasteiger partial charge in [-0.1, -0.05) is 11.3 Å². The van der Waals surface area contributed by atoms with Crippen LogP contribution in [0.15, 0.2) is 17.2 Å². The molecule has 0 spiro atoms. The van der Waals surface area contributed by atoms with E-state index in [1.165, 1.54) is 23.7 Å². The van der Waals surface area contributed by atoms with Crippen LogP contribution in [0.1, 0.15) is 36.9 Å². The van der Waals surface area contributed by atoms with E-state index in [1.807, 2.05) is 0 Å². The lowest BCUT2D eigenvalue weighted by molar-refractivity contribution is -0.122. The summed E-state index contributed by atoms with van der Waals surface area (Å²) in [4.78, 5) is 17.6. The third kappa shape index (κ3) is 3.36. The van der Waals surface area contributed by atoms with Gasteiger partial charge in [0.2, 0.25) is 10.0 Å². The molecule has 0 bridgehead atoms. The molecule has 1 amide bonds. The van der Waals surface area contributed by atoms with Crippen molar-refractivity contribution in [2.24, 2.45) is 0 Å². The number of amides is 1. The minimum atomic E-state index is -4.00. The number of halogens is 3. The molecule has 3 aromatic heterocycles. The molecule has 1 aliphatic carbocycles. The van der Waals surface area contributed by atoms with Crippen molar-refractivity contribution in [3.05, 3.63) is 23.0 Å². The number of anilines is 1. The third-order valence-electron chi connectivity index (χ3n) is 5.60. The minimum absolute atomic E-state index is 0.0223. The second-order valence-electron chi connectivity index (χ2n) is 8.14. The summed E-state index contributed by atoms with van der Waals surface area (Å²) in [7, 11) is -2.66. The Hall–Kier alpha value is -2.58. The number of rotatable bonds is 5. The molecule has 1 saturated carbocycles. The highest BCUT2D eigenvalue weighted by Gasteiger charge is 2.42. The van der Waals surface area contributed by atoms with Crippen molar-refractivity contribution in [3.8, 4) is 10.8 Å². The monoisotopic (exact) mass is 486 g/mol. The van der Waals surface area contributed by atoms with Crippen LogP contribution in [0.5, 0.6) is 0 Å². The van der Waals surface area contributed by atoms with Crippen LogP contribution in [0.4, 0.5) is 18.9 Å². The minimum Gasteiger partial charge on any atom is -0.311 e. The maximum absolute atomic E-state index is 14.6. The van der Waals surface area contributed by atoms with Crippen LogP contribution in [0, 0.1) is 0 Å². The highest BCUT2D eigenvalue weighted by atomic mass is 32.2. The van der Waals surface area contributed by atoms with E-state index in [2.05, 4.69) is 19.9 Å². The summed E-state index contributed by atoms with van der Waals surface area (Å²) in [6.45, 7) is 1.77. The summed E-state index contributed by atoms with van der Waals surface area (Å²) < 4.78 is 70.7. The number of imidazole rings is 1. The van der Waals surface area contributed by atoms with Crippen LogP contribution in [-0.4, -0.2) is 52.7 Å². The molecule has 0 radical (unpaired) electrons. The van der Waals surface area contributed by atoms with E-state index in [1.54, 1.807) is 6.92 Å². The Kier molecular flexibility index (Phi) is 4.63. The van der Waals surface area contributed by atoms with Crippen LogP contribution in [-0.2, 0) is 21.2 Å². The van der Waals surface area contributed by atoms with Gasteiger partial charge < -0.3 is 4.90 Å².